The standard InChI is InChI=1S/C13H16N2O3/c14-10-6-7-15(12(16)8-10)13(17)9-18-11-4-2-1-3-5-11/h1-5,10H,6-9,14H2. The Bertz CT molecular complexity index is 433. The summed E-state index contributed by atoms with van der Waals surface area (Å²) in [5.41, 5.74) is 5.66. The molecule has 0 aliphatic carbocycles. The first-order chi connectivity index (χ1) is 8.66. The third-order valence-electron chi connectivity index (χ3n) is 2.87. The maximum absolute atomic E-state index is 11.8. The monoisotopic (exact) mass is 248 g/mol. The molecule has 1 atom stereocenters. The van der Waals surface area contributed by atoms with E-state index in [-0.39, 0.29) is 30.9 Å². The molecule has 1 unspecified atom stereocenters. The molecule has 1 heterocycles. The molecule has 2 N–H and O–H groups in total. The van der Waals surface area contributed by atoms with Gasteiger partial charge in [-0.1, -0.05) is 18.2 Å². The van der Waals surface area contributed by atoms with Crippen LogP contribution in [0.5, 0.6) is 5.75 Å². The number of hydrogen-bond acceptors (Lipinski definition) is 4. The lowest BCUT2D eigenvalue weighted by molar-refractivity contribution is -0.148. The number of benzene rings is 1. The molecule has 1 aromatic carbocycles. The van der Waals surface area contributed by atoms with E-state index in [0.717, 1.165) is 0 Å². The minimum Gasteiger partial charge on any atom is -0.484 e. The summed E-state index contributed by atoms with van der Waals surface area (Å²) in [5.74, 6) is 0.0955. The van der Waals surface area contributed by atoms with Crippen LogP contribution < -0.4 is 10.5 Å². The Hall–Kier alpha value is -1.88. The molecule has 18 heavy (non-hydrogen) atoms. The number of piperidine rings is 1. The summed E-state index contributed by atoms with van der Waals surface area (Å²) in [4.78, 5) is 24.7. The lowest BCUT2D eigenvalue weighted by atomic mass is 10.1. The van der Waals surface area contributed by atoms with Gasteiger partial charge in [0.05, 0.1) is 0 Å². The fourth-order valence-corrected chi connectivity index (χ4v) is 1.86. The van der Waals surface area contributed by atoms with Crippen molar-refractivity contribution < 1.29 is 14.3 Å². The normalized spacial score (nSPS) is 19.7. The van der Waals surface area contributed by atoms with Crippen molar-refractivity contribution >= 4 is 11.8 Å². The average Bonchev–Trinajstić information content (AvgIpc) is 2.37. The van der Waals surface area contributed by atoms with Gasteiger partial charge in [0.1, 0.15) is 5.75 Å². The highest BCUT2D eigenvalue weighted by atomic mass is 16.5. The Morgan fingerprint density at radius 2 is 2.11 bits per heavy atom. The molecule has 1 aromatic rings. The highest BCUT2D eigenvalue weighted by Crippen LogP contribution is 2.12. The maximum atomic E-state index is 11.8. The number of imide groups is 1. The van der Waals surface area contributed by atoms with Crippen LogP contribution >= 0.6 is 0 Å². The summed E-state index contributed by atoms with van der Waals surface area (Å²) in [6.45, 7) is 0.266. The number of amides is 2. The van der Waals surface area contributed by atoms with Gasteiger partial charge in [0, 0.05) is 19.0 Å². The van der Waals surface area contributed by atoms with E-state index in [0.29, 0.717) is 18.7 Å². The summed E-state index contributed by atoms with van der Waals surface area (Å²) in [6, 6.07) is 8.92. The Morgan fingerprint density at radius 3 is 2.78 bits per heavy atom. The first-order valence-electron chi connectivity index (χ1n) is 5.93. The van der Waals surface area contributed by atoms with Gasteiger partial charge in [-0.25, -0.2) is 0 Å². The third kappa shape index (κ3) is 3.07. The van der Waals surface area contributed by atoms with E-state index in [1.54, 1.807) is 12.1 Å². The molecule has 96 valence electrons. The molecule has 0 radical (unpaired) electrons. The lowest BCUT2D eigenvalue weighted by Crippen LogP contribution is -2.48. The van der Waals surface area contributed by atoms with Gasteiger partial charge in [0.15, 0.2) is 6.61 Å². The molecule has 2 amide bonds. The lowest BCUT2D eigenvalue weighted by Gasteiger charge is -2.28. The fourth-order valence-electron chi connectivity index (χ4n) is 1.86. The quantitative estimate of drug-likeness (QED) is 0.847. The maximum Gasteiger partial charge on any atom is 0.267 e. The number of rotatable bonds is 3. The number of para-hydroxylation sites is 1. The summed E-state index contributed by atoms with van der Waals surface area (Å²) in [7, 11) is 0. The highest BCUT2D eigenvalue weighted by molar-refractivity contribution is 5.96. The fraction of sp³-hybridized carbons (Fsp3) is 0.385. The zero-order chi connectivity index (χ0) is 13.0. The number of ether oxygens (including phenoxy) is 1. The first-order valence-corrected chi connectivity index (χ1v) is 5.93. The van der Waals surface area contributed by atoms with E-state index >= 15 is 0 Å². The van der Waals surface area contributed by atoms with E-state index in [1.807, 2.05) is 18.2 Å². The number of carbonyl (C=O) groups is 2. The van der Waals surface area contributed by atoms with Gasteiger partial charge in [-0.2, -0.15) is 0 Å². The van der Waals surface area contributed by atoms with E-state index in [1.165, 1.54) is 4.90 Å². The van der Waals surface area contributed by atoms with Crippen molar-refractivity contribution in [1.82, 2.24) is 4.90 Å². The van der Waals surface area contributed by atoms with E-state index in [4.69, 9.17) is 10.5 Å². The van der Waals surface area contributed by atoms with Crippen molar-refractivity contribution in [3.05, 3.63) is 30.3 Å². The molecule has 0 aromatic heterocycles. The van der Waals surface area contributed by atoms with Crippen molar-refractivity contribution in [1.29, 1.82) is 0 Å². The molecular formula is C13H16N2O3. The highest BCUT2D eigenvalue weighted by Gasteiger charge is 2.28. The van der Waals surface area contributed by atoms with E-state index in [2.05, 4.69) is 0 Å². The van der Waals surface area contributed by atoms with Crippen molar-refractivity contribution in [2.75, 3.05) is 13.2 Å². The molecule has 0 bridgehead atoms. The topological polar surface area (TPSA) is 72.6 Å². The second-order valence-corrected chi connectivity index (χ2v) is 4.29. The summed E-state index contributed by atoms with van der Waals surface area (Å²) in [6.07, 6.45) is 0.889. The van der Waals surface area contributed by atoms with Crippen LogP contribution in [0.25, 0.3) is 0 Å². The predicted octanol–water partition coefficient (Wildman–Crippen LogP) is 0.542. The van der Waals surface area contributed by atoms with Crippen LogP contribution in [0, 0.1) is 0 Å². The SMILES string of the molecule is NC1CCN(C(=O)COc2ccccc2)C(=O)C1. The Balaban J connectivity index is 1.87. The molecule has 5 nitrogen and oxygen atoms in total. The molecule has 1 saturated heterocycles. The van der Waals surface area contributed by atoms with Gasteiger partial charge in [-0.15, -0.1) is 0 Å². The summed E-state index contributed by atoms with van der Waals surface area (Å²) in [5, 5.41) is 0. The van der Waals surface area contributed by atoms with Crippen molar-refractivity contribution in [2.45, 2.75) is 18.9 Å². The minimum atomic E-state index is -0.309. The van der Waals surface area contributed by atoms with Crippen LogP contribution in [-0.4, -0.2) is 35.9 Å². The molecule has 5 heteroatoms. The second-order valence-electron chi connectivity index (χ2n) is 4.29. The summed E-state index contributed by atoms with van der Waals surface area (Å²) < 4.78 is 5.32. The first kappa shape index (κ1) is 12.6. The molecule has 0 spiro atoms. The van der Waals surface area contributed by atoms with Crippen LogP contribution in [-0.2, 0) is 9.59 Å². The second kappa shape index (κ2) is 5.64. The number of nitrogens with two attached hydrogens (primary N) is 1. The molecule has 1 fully saturated rings. The van der Waals surface area contributed by atoms with E-state index < -0.39 is 0 Å². The molecule has 0 saturated carbocycles. The zero-order valence-electron chi connectivity index (χ0n) is 10.0. The van der Waals surface area contributed by atoms with E-state index in [9.17, 15) is 9.59 Å². The molecule has 2 rings (SSSR count). The molecule has 1 aliphatic heterocycles. The zero-order valence-corrected chi connectivity index (χ0v) is 10.0. The van der Waals surface area contributed by atoms with Crippen LogP contribution in [0.2, 0.25) is 0 Å². The van der Waals surface area contributed by atoms with Crippen LogP contribution in [0.3, 0.4) is 0 Å². The Kier molecular flexibility index (Phi) is 3.94. The minimum absolute atomic E-state index is 0.120. The number of likely N-dealkylation sites (tertiary alicyclic amines) is 1. The van der Waals surface area contributed by atoms with Crippen molar-refractivity contribution in [2.24, 2.45) is 5.73 Å². The largest absolute Gasteiger partial charge is 0.484 e. The Labute approximate surface area is 106 Å². The predicted molar refractivity (Wildman–Crippen MR) is 65.9 cm³/mol. The Morgan fingerprint density at radius 1 is 1.39 bits per heavy atom. The number of hydrogen-bond donors (Lipinski definition) is 1. The number of nitrogens with zero attached hydrogens (tertiary/aromatic N) is 1. The van der Waals surface area contributed by atoms with Gasteiger partial charge in [-0.3, -0.25) is 14.5 Å². The van der Waals surface area contributed by atoms with Crippen LogP contribution in [0.4, 0.5) is 0 Å². The van der Waals surface area contributed by atoms with Gasteiger partial charge in [-0.05, 0) is 18.6 Å². The van der Waals surface area contributed by atoms with Gasteiger partial charge in [0.25, 0.3) is 5.91 Å². The van der Waals surface area contributed by atoms with Crippen LogP contribution in [0.15, 0.2) is 30.3 Å². The van der Waals surface area contributed by atoms with Crippen molar-refractivity contribution in [3.8, 4) is 5.75 Å². The average molecular weight is 248 g/mol. The van der Waals surface area contributed by atoms with Gasteiger partial charge in [0.2, 0.25) is 5.91 Å². The number of carbonyl (C=O) groups excluding carboxylic acids is 2. The smallest absolute Gasteiger partial charge is 0.267 e. The van der Waals surface area contributed by atoms with Crippen LogP contribution in [0.1, 0.15) is 12.8 Å². The molecule has 1 aliphatic rings. The third-order valence-corrected chi connectivity index (χ3v) is 2.87. The van der Waals surface area contributed by atoms with Gasteiger partial charge >= 0.3 is 0 Å². The van der Waals surface area contributed by atoms with Gasteiger partial charge < -0.3 is 10.5 Å². The van der Waals surface area contributed by atoms with Crippen molar-refractivity contribution in [3.63, 3.8) is 0 Å². The molecular weight excluding hydrogens is 232 g/mol. The summed E-state index contributed by atoms with van der Waals surface area (Å²) >= 11 is 0.